The fourth-order valence-corrected chi connectivity index (χ4v) is 3.72. The molecule has 2 heterocycles. The molecule has 0 bridgehead atoms. The third-order valence-electron chi connectivity index (χ3n) is 5.74. The number of aliphatic imine (C=N–C) groups is 1. The van der Waals surface area contributed by atoms with Crippen LogP contribution in [-0.2, 0) is 16.0 Å². The predicted octanol–water partition coefficient (Wildman–Crippen LogP) is 1.75. The van der Waals surface area contributed by atoms with Gasteiger partial charge < -0.3 is 5.11 Å². The van der Waals surface area contributed by atoms with Gasteiger partial charge in [0.25, 0.3) is 0 Å². The summed E-state index contributed by atoms with van der Waals surface area (Å²) in [6, 6.07) is 2.24. The molecule has 8 heteroatoms. The van der Waals surface area contributed by atoms with Gasteiger partial charge in [0.2, 0.25) is 0 Å². The Kier molecular flexibility index (Phi) is 9.43. The summed E-state index contributed by atoms with van der Waals surface area (Å²) in [5.74, 6) is 2.14. The van der Waals surface area contributed by atoms with E-state index < -0.39 is 6.17 Å². The minimum atomic E-state index is -0.447. The SMILES string of the molecule is CCc1cbc(N2CCN(C(=O)C(C=NC(C)N(C=O)CCO)=C(C)C)CC2)c(C)c1. The van der Waals surface area contributed by atoms with Gasteiger partial charge in [0.15, 0.2) is 0 Å². The average molecular weight is 426 g/mol. The molecule has 168 valence electrons. The molecule has 1 saturated heterocycles. The molecule has 1 aromatic heterocycles. The van der Waals surface area contributed by atoms with Gasteiger partial charge in [-0.15, -0.1) is 0 Å². The van der Waals surface area contributed by atoms with Gasteiger partial charge >= 0.3 is 170 Å². The molecule has 0 spiro atoms. The number of aliphatic hydroxyl groups is 1. The number of hydrogen-bond acceptors (Lipinski definition) is 5. The first-order valence-corrected chi connectivity index (χ1v) is 11.0. The van der Waals surface area contributed by atoms with Crippen LogP contribution in [0.3, 0.4) is 0 Å². The number of carbonyl (C=O) groups is 2. The van der Waals surface area contributed by atoms with Crippen molar-refractivity contribution in [3.8, 4) is 0 Å². The van der Waals surface area contributed by atoms with Gasteiger partial charge in [0, 0.05) is 0 Å². The Balaban J connectivity index is 2.04. The summed E-state index contributed by atoms with van der Waals surface area (Å²) in [5, 5.41) is 9.06. The Labute approximate surface area is 186 Å². The zero-order valence-electron chi connectivity index (χ0n) is 19.5. The number of piperazine rings is 1. The van der Waals surface area contributed by atoms with Gasteiger partial charge in [-0.25, -0.2) is 0 Å². The summed E-state index contributed by atoms with van der Waals surface area (Å²) < 4.78 is 0. The van der Waals surface area contributed by atoms with Crippen LogP contribution in [0, 0.1) is 6.92 Å². The van der Waals surface area contributed by atoms with Crippen LogP contribution in [0.1, 0.15) is 38.8 Å². The van der Waals surface area contributed by atoms with Crippen LogP contribution in [0.15, 0.2) is 28.2 Å². The summed E-state index contributed by atoms with van der Waals surface area (Å²) in [5.41, 5.74) is 5.28. The molecule has 1 fully saturated rings. The molecule has 2 rings (SSSR count). The van der Waals surface area contributed by atoms with E-state index in [9.17, 15) is 9.59 Å². The second kappa shape index (κ2) is 11.8. The summed E-state index contributed by atoms with van der Waals surface area (Å²) in [6.45, 7) is 15.0. The van der Waals surface area contributed by atoms with Crippen LogP contribution < -0.4 is 4.90 Å². The van der Waals surface area contributed by atoms with E-state index in [2.05, 4.69) is 42.7 Å². The van der Waals surface area contributed by atoms with Crippen molar-refractivity contribution < 1.29 is 14.7 Å². The van der Waals surface area contributed by atoms with E-state index in [1.807, 2.05) is 18.7 Å². The van der Waals surface area contributed by atoms with Gasteiger partial charge in [-0.3, -0.25) is 4.79 Å². The van der Waals surface area contributed by atoms with E-state index in [1.165, 1.54) is 21.6 Å². The third kappa shape index (κ3) is 6.50. The van der Waals surface area contributed by atoms with Crippen molar-refractivity contribution in [3.05, 3.63) is 34.3 Å². The standard InChI is InChI=1S/C23H35BN4O3/c1-6-20-13-18(4)22(24-14-20)26-7-9-27(10-8-26)23(31)21(17(2)3)15-25-19(5)28(16-30)11-12-29/h13-16,19,29H,6-12H2,1-5H3. The molecule has 2 amide bonds. The van der Waals surface area contributed by atoms with Crippen molar-refractivity contribution >= 4 is 31.0 Å². The Bertz CT molecular complexity index is 828. The summed E-state index contributed by atoms with van der Waals surface area (Å²) in [6.07, 6.45) is 2.81. The van der Waals surface area contributed by atoms with Gasteiger partial charge in [-0.1, -0.05) is 0 Å². The van der Waals surface area contributed by atoms with Crippen LogP contribution in [0.5, 0.6) is 0 Å². The van der Waals surface area contributed by atoms with Crippen LogP contribution in [0.25, 0.3) is 0 Å². The Morgan fingerprint density at radius 1 is 1.32 bits per heavy atom. The van der Waals surface area contributed by atoms with E-state index in [0.717, 1.165) is 25.1 Å². The molecule has 1 unspecified atom stereocenters. The molecular formula is C23H35BN4O3. The second-order valence-corrected chi connectivity index (χ2v) is 8.14. The number of anilines is 1. The molecule has 1 aliphatic rings. The third-order valence-corrected chi connectivity index (χ3v) is 5.74. The minimum absolute atomic E-state index is 0.0338. The molecule has 1 atom stereocenters. The molecule has 1 N–H and O–H groups in total. The summed E-state index contributed by atoms with van der Waals surface area (Å²) in [7, 11) is 0. The molecule has 0 aromatic carbocycles. The van der Waals surface area contributed by atoms with Crippen molar-refractivity contribution in [2.24, 2.45) is 4.99 Å². The molecule has 7 nitrogen and oxygen atoms in total. The van der Waals surface area contributed by atoms with Gasteiger partial charge in [-0.2, -0.15) is 0 Å². The van der Waals surface area contributed by atoms with Crippen molar-refractivity contribution in [2.45, 2.75) is 47.2 Å². The normalized spacial score (nSPS) is 15.0. The zero-order chi connectivity index (χ0) is 23.0. The average Bonchev–Trinajstić information content (AvgIpc) is 2.77. The molecule has 0 aliphatic carbocycles. The fraction of sp³-hybridized carbons (Fsp3) is 0.565. The number of carbonyl (C=O) groups excluding carboxylic acids is 2. The molecule has 0 saturated carbocycles. The van der Waals surface area contributed by atoms with E-state index >= 15 is 0 Å². The number of nitrogens with zero attached hydrogens (tertiary/aromatic N) is 4. The number of amides is 2. The van der Waals surface area contributed by atoms with Crippen molar-refractivity contribution in [3.63, 3.8) is 0 Å². The molecule has 1 aliphatic heterocycles. The summed E-state index contributed by atoms with van der Waals surface area (Å²) >= 11 is 0. The molecule has 0 radical (unpaired) electrons. The number of allylic oxidation sites excluding steroid dienone is 1. The Hall–Kier alpha value is -2.48. The monoisotopic (exact) mass is 426 g/mol. The van der Waals surface area contributed by atoms with Crippen molar-refractivity contribution in [1.29, 1.82) is 0 Å². The predicted molar refractivity (Wildman–Crippen MR) is 127 cm³/mol. The first kappa shape index (κ1) is 24.8. The quantitative estimate of drug-likeness (QED) is 0.371. The van der Waals surface area contributed by atoms with Gasteiger partial charge in [-0.05, 0) is 0 Å². The van der Waals surface area contributed by atoms with E-state index in [0.29, 0.717) is 25.1 Å². The van der Waals surface area contributed by atoms with E-state index in [4.69, 9.17) is 5.11 Å². The first-order chi connectivity index (χ1) is 14.8. The van der Waals surface area contributed by atoms with Crippen molar-refractivity contribution in [2.75, 3.05) is 44.2 Å². The Morgan fingerprint density at radius 2 is 2.00 bits per heavy atom. The topological polar surface area (TPSA) is 76.5 Å². The first-order valence-electron chi connectivity index (χ1n) is 11.0. The van der Waals surface area contributed by atoms with Gasteiger partial charge in [0.1, 0.15) is 0 Å². The number of aryl methyl sites for hydroxylation is 2. The second-order valence-electron chi connectivity index (χ2n) is 8.14. The fourth-order valence-electron chi connectivity index (χ4n) is 3.72. The van der Waals surface area contributed by atoms with Crippen LogP contribution in [-0.4, -0.2) is 85.8 Å². The zero-order valence-corrected chi connectivity index (χ0v) is 19.5. The Morgan fingerprint density at radius 3 is 2.52 bits per heavy atom. The maximum atomic E-state index is 13.1. The number of hydrogen-bond donors (Lipinski definition) is 1. The molecular weight excluding hydrogens is 391 g/mol. The van der Waals surface area contributed by atoms with Crippen LogP contribution >= 0.6 is 0 Å². The van der Waals surface area contributed by atoms with Crippen LogP contribution in [0.4, 0.5) is 5.58 Å². The summed E-state index contributed by atoms with van der Waals surface area (Å²) in [4.78, 5) is 34.3. The van der Waals surface area contributed by atoms with E-state index in [1.54, 1.807) is 13.1 Å². The molecule has 1 aromatic rings. The van der Waals surface area contributed by atoms with E-state index in [-0.39, 0.29) is 19.1 Å². The molecule has 31 heavy (non-hydrogen) atoms. The van der Waals surface area contributed by atoms with Gasteiger partial charge in [0.05, 0.1) is 6.61 Å². The van der Waals surface area contributed by atoms with Crippen LogP contribution in [0.2, 0.25) is 0 Å². The number of aliphatic hydroxyl groups excluding tert-OH is 1. The van der Waals surface area contributed by atoms with Crippen molar-refractivity contribution in [1.82, 2.24) is 9.80 Å². The number of rotatable bonds is 9. The maximum absolute atomic E-state index is 13.1.